The number of hydrogen-bond acceptors (Lipinski definition) is 6. The minimum atomic E-state index is -0.601. The number of thioether (sulfide) groups is 1. The first kappa shape index (κ1) is 19.1. The average Bonchev–Trinajstić information content (AvgIpc) is 3.11. The Morgan fingerprint density at radius 2 is 2.15 bits per heavy atom. The fourth-order valence-corrected chi connectivity index (χ4v) is 3.08. The quantitative estimate of drug-likeness (QED) is 0.603. The number of hydrogen-bond donors (Lipinski definition) is 1. The lowest BCUT2D eigenvalue weighted by atomic mass is 10.3. The number of carbonyl (C=O) groups excluding carboxylic acids is 1. The van der Waals surface area contributed by atoms with Gasteiger partial charge in [0.1, 0.15) is 17.3 Å². The smallest absolute Gasteiger partial charge is 0.234 e. The fourth-order valence-electron chi connectivity index (χ4n) is 2.24. The summed E-state index contributed by atoms with van der Waals surface area (Å²) in [7, 11) is 0. The average molecular weight is 408 g/mol. The Morgan fingerprint density at radius 1 is 1.33 bits per heavy atom. The lowest BCUT2D eigenvalue weighted by Gasteiger charge is -2.10. The summed E-state index contributed by atoms with van der Waals surface area (Å²) >= 11 is 6.82. The molecule has 0 atom stereocenters. The summed E-state index contributed by atoms with van der Waals surface area (Å²) in [4.78, 5) is 12.1. The van der Waals surface area contributed by atoms with E-state index in [2.05, 4.69) is 20.8 Å². The van der Waals surface area contributed by atoms with Crippen LogP contribution >= 0.6 is 23.4 Å². The Hall–Kier alpha value is -2.65. The van der Waals surface area contributed by atoms with Crippen LogP contribution in [0.15, 0.2) is 47.6 Å². The van der Waals surface area contributed by atoms with Gasteiger partial charge in [-0.1, -0.05) is 35.5 Å². The van der Waals surface area contributed by atoms with Crippen LogP contribution in [0, 0.1) is 5.82 Å². The molecule has 0 fully saturated rings. The van der Waals surface area contributed by atoms with Crippen LogP contribution in [-0.4, -0.2) is 38.5 Å². The summed E-state index contributed by atoms with van der Waals surface area (Å²) in [5.74, 6) is -0.369. The molecule has 1 N–H and O–H groups in total. The van der Waals surface area contributed by atoms with Crippen LogP contribution in [-0.2, 0) is 4.79 Å². The van der Waals surface area contributed by atoms with E-state index < -0.39 is 11.7 Å². The van der Waals surface area contributed by atoms with Gasteiger partial charge in [-0.15, -0.1) is 5.10 Å². The maximum atomic E-state index is 13.8. The summed E-state index contributed by atoms with van der Waals surface area (Å²) in [5.41, 5.74) is 0.724. The molecule has 10 heteroatoms. The Kier molecular flexibility index (Phi) is 6.25. The number of aromatic nitrogens is 4. The van der Waals surface area contributed by atoms with Gasteiger partial charge in [-0.2, -0.15) is 4.68 Å². The van der Waals surface area contributed by atoms with Gasteiger partial charge >= 0.3 is 0 Å². The molecule has 2 aromatic carbocycles. The van der Waals surface area contributed by atoms with Gasteiger partial charge in [0.15, 0.2) is 0 Å². The fraction of sp³-hybridized carbons (Fsp3) is 0.176. The van der Waals surface area contributed by atoms with E-state index in [4.69, 9.17) is 16.3 Å². The van der Waals surface area contributed by atoms with Gasteiger partial charge in [-0.3, -0.25) is 4.79 Å². The van der Waals surface area contributed by atoms with E-state index in [0.29, 0.717) is 23.2 Å². The highest BCUT2D eigenvalue weighted by Gasteiger charge is 2.15. The number of amides is 1. The summed E-state index contributed by atoms with van der Waals surface area (Å²) in [6.07, 6.45) is 0. The largest absolute Gasteiger partial charge is 0.492 e. The van der Waals surface area contributed by atoms with Crippen molar-refractivity contribution < 1.29 is 13.9 Å². The van der Waals surface area contributed by atoms with E-state index in [1.165, 1.54) is 16.8 Å². The number of nitrogens with one attached hydrogen (secondary N) is 1. The van der Waals surface area contributed by atoms with Crippen LogP contribution in [0.3, 0.4) is 0 Å². The zero-order chi connectivity index (χ0) is 19.2. The topological polar surface area (TPSA) is 81.9 Å². The van der Waals surface area contributed by atoms with Crippen molar-refractivity contribution >= 4 is 35.0 Å². The van der Waals surface area contributed by atoms with Crippen molar-refractivity contribution in [2.24, 2.45) is 0 Å². The first-order chi connectivity index (χ1) is 13.1. The second kappa shape index (κ2) is 8.83. The third kappa shape index (κ3) is 4.75. The van der Waals surface area contributed by atoms with Gasteiger partial charge in [-0.25, -0.2) is 4.39 Å². The van der Waals surface area contributed by atoms with Gasteiger partial charge in [-0.05, 0) is 47.7 Å². The van der Waals surface area contributed by atoms with Crippen molar-refractivity contribution in [3.05, 3.63) is 53.3 Å². The molecule has 1 heterocycles. The lowest BCUT2D eigenvalue weighted by Crippen LogP contribution is -2.15. The number of carbonyl (C=O) groups is 1. The molecule has 0 radical (unpaired) electrons. The van der Waals surface area contributed by atoms with Crippen molar-refractivity contribution in [2.45, 2.75) is 12.1 Å². The molecule has 0 unspecified atom stereocenters. The van der Waals surface area contributed by atoms with E-state index in [9.17, 15) is 9.18 Å². The molecule has 1 amide bonds. The van der Waals surface area contributed by atoms with Crippen molar-refractivity contribution in [3.63, 3.8) is 0 Å². The molecule has 3 aromatic rings. The molecular formula is C17H15ClFN5O2S. The number of halogens is 2. The zero-order valence-corrected chi connectivity index (χ0v) is 15.8. The predicted octanol–water partition coefficient (Wildman–Crippen LogP) is 3.58. The second-order valence-electron chi connectivity index (χ2n) is 5.24. The molecule has 0 saturated heterocycles. The summed E-state index contributed by atoms with van der Waals surface area (Å²) < 4.78 is 20.8. The number of ether oxygens (including phenoxy) is 1. The molecule has 7 nitrogen and oxygen atoms in total. The monoisotopic (exact) mass is 407 g/mol. The Morgan fingerprint density at radius 3 is 2.93 bits per heavy atom. The lowest BCUT2D eigenvalue weighted by molar-refractivity contribution is -0.113. The zero-order valence-electron chi connectivity index (χ0n) is 14.2. The number of benzene rings is 2. The highest BCUT2D eigenvalue weighted by molar-refractivity contribution is 7.99. The van der Waals surface area contributed by atoms with E-state index in [1.54, 1.807) is 0 Å². The highest BCUT2D eigenvalue weighted by Crippen LogP contribution is 2.26. The van der Waals surface area contributed by atoms with Gasteiger partial charge in [0.05, 0.1) is 18.0 Å². The number of para-hydroxylation sites is 2. The third-order valence-corrected chi connectivity index (χ3v) is 4.53. The van der Waals surface area contributed by atoms with E-state index in [0.717, 1.165) is 17.8 Å². The van der Waals surface area contributed by atoms with Crippen LogP contribution in [0.4, 0.5) is 10.1 Å². The van der Waals surface area contributed by atoms with E-state index >= 15 is 0 Å². The van der Waals surface area contributed by atoms with Crippen molar-refractivity contribution in [2.75, 3.05) is 17.7 Å². The standard InChI is InChI=1S/C17H15ClFN5O2S/c1-2-26-15-6-4-3-5-14(15)24-17(21-22-23-24)27-10-16(25)20-13-8-7-11(18)9-12(13)19/h3-9H,2,10H2,1H3,(H,20,25). The number of anilines is 1. The molecule has 1 aromatic heterocycles. The van der Waals surface area contributed by atoms with Crippen molar-refractivity contribution in [1.82, 2.24) is 20.2 Å². The van der Waals surface area contributed by atoms with Gasteiger partial charge in [0.25, 0.3) is 0 Å². The van der Waals surface area contributed by atoms with E-state index in [1.807, 2.05) is 31.2 Å². The number of nitrogens with zero attached hydrogens (tertiary/aromatic N) is 4. The molecule has 0 spiro atoms. The Bertz CT molecular complexity index is 953. The molecule has 0 saturated carbocycles. The van der Waals surface area contributed by atoms with Gasteiger partial charge in [0, 0.05) is 5.02 Å². The molecule has 0 bridgehead atoms. The van der Waals surface area contributed by atoms with Crippen LogP contribution in [0.25, 0.3) is 5.69 Å². The maximum absolute atomic E-state index is 13.8. The van der Waals surface area contributed by atoms with Gasteiger partial charge < -0.3 is 10.1 Å². The molecule has 0 aliphatic heterocycles. The number of tetrazole rings is 1. The Labute approximate surface area is 163 Å². The second-order valence-corrected chi connectivity index (χ2v) is 6.61. The molecule has 0 aliphatic rings. The van der Waals surface area contributed by atoms with E-state index in [-0.39, 0.29) is 16.5 Å². The minimum absolute atomic E-state index is 0.000752. The first-order valence-corrected chi connectivity index (χ1v) is 9.33. The van der Waals surface area contributed by atoms with Crippen LogP contribution in [0.2, 0.25) is 5.02 Å². The SMILES string of the molecule is CCOc1ccccc1-n1nnnc1SCC(=O)Nc1ccc(Cl)cc1F. The molecule has 3 rings (SSSR count). The molecule has 0 aliphatic carbocycles. The summed E-state index contributed by atoms with van der Waals surface area (Å²) in [5, 5.41) is 14.7. The highest BCUT2D eigenvalue weighted by atomic mass is 35.5. The third-order valence-electron chi connectivity index (χ3n) is 3.37. The van der Waals surface area contributed by atoms with Gasteiger partial charge in [0.2, 0.25) is 11.1 Å². The summed E-state index contributed by atoms with van der Waals surface area (Å²) in [6, 6.07) is 11.3. The molecule has 140 valence electrons. The van der Waals surface area contributed by atoms with Crippen molar-refractivity contribution in [1.29, 1.82) is 0 Å². The van der Waals surface area contributed by atoms with Crippen molar-refractivity contribution in [3.8, 4) is 11.4 Å². The number of rotatable bonds is 7. The molecule has 27 heavy (non-hydrogen) atoms. The first-order valence-electron chi connectivity index (χ1n) is 7.96. The van der Waals surface area contributed by atoms with Crippen LogP contribution < -0.4 is 10.1 Å². The normalized spacial score (nSPS) is 10.6. The van der Waals surface area contributed by atoms with Crippen LogP contribution in [0.1, 0.15) is 6.92 Å². The predicted molar refractivity (Wildman–Crippen MR) is 101 cm³/mol. The summed E-state index contributed by atoms with van der Waals surface area (Å²) in [6.45, 7) is 2.38. The van der Waals surface area contributed by atoms with Crippen LogP contribution in [0.5, 0.6) is 5.75 Å². The Balaban J connectivity index is 1.69. The minimum Gasteiger partial charge on any atom is -0.492 e. The maximum Gasteiger partial charge on any atom is 0.234 e. The molecular weight excluding hydrogens is 393 g/mol.